The highest BCUT2D eigenvalue weighted by atomic mass is 19.1. The van der Waals surface area contributed by atoms with E-state index in [-0.39, 0.29) is 11.8 Å². The molecule has 1 N–H and O–H groups in total. The zero-order valence-electron chi connectivity index (χ0n) is 18.7. The molecule has 0 unspecified atom stereocenters. The molecule has 0 spiro atoms. The topological polar surface area (TPSA) is 60.0 Å². The van der Waals surface area contributed by atoms with Crippen LogP contribution >= 0.6 is 0 Å². The molecule has 0 radical (unpaired) electrons. The van der Waals surface area contributed by atoms with E-state index < -0.39 is 5.60 Å². The quantitative estimate of drug-likeness (QED) is 0.672. The van der Waals surface area contributed by atoms with Gasteiger partial charge in [0.25, 0.3) is 0 Å². The number of benzene rings is 2. The van der Waals surface area contributed by atoms with E-state index >= 15 is 0 Å². The summed E-state index contributed by atoms with van der Waals surface area (Å²) < 4.78 is 31.5. The Morgan fingerprint density at radius 3 is 2.53 bits per heavy atom. The van der Waals surface area contributed by atoms with Crippen molar-refractivity contribution in [1.29, 1.82) is 0 Å². The van der Waals surface area contributed by atoms with Crippen molar-refractivity contribution in [1.82, 2.24) is 5.32 Å². The maximum absolute atomic E-state index is 14.3. The molecular weight excluding hydrogens is 411 g/mol. The van der Waals surface area contributed by atoms with Crippen molar-refractivity contribution in [2.75, 3.05) is 32.3 Å². The average molecular weight is 443 g/mol. The van der Waals surface area contributed by atoms with E-state index in [2.05, 4.69) is 5.32 Å². The molecule has 1 aliphatic heterocycles. The summed E-state index contributed by atoms with van der Waals surface area (Å²) in [5, 5.41) is 3.03. The number of urea groups is 1. The lowest BCUT2D eigenvalue weighted by atomic mass is 9.86. The van der Waals surface area contributed by atoms with E-state index in [4.69, 9.17) is 14.2 Å². The lowest BCUT2D eigenvalue weighted by molar-refractivity contribution is -0.0950. The summed E-state index contributed by atoms with van der Waals surface area (Å²) >= 11 is 0. The molecular formula is C25H31FN2O4. The Labute approximate surface area is 188 Å². The van der Waals surface area contributed by atoms with Crippen LogP contribution in [0.15, 0.2) is 42.5 Å². The van der Waals surface area contributed by atoms with Gasteiger partial charge in [-0.1, -0.05) is 12.1 Å². The van der Waals surface area contributed by atoms with Crippen LogP contribution in [0.2, 0.25) is 0 Å². The number of nitrogens with zero attached hydrogens (tertiary/aromatic N) is 1. The second-order valence-corrected chi connectivity index (χ2v) is 8.58. The van der Waals surface area contributed by atoms with Gasteiger partial charge in [-0.25, -0.2) is 9.18 Å². The largest absolute Gasteiger partial charge is 0.489 e. The number of anilines is 1. The Bertz CT molecular complexity index is 924. The van der Waals surface area contributed by atoms with E-state index in [1.54, 1.807) is 19.1 Å². The Balaban J connectivity index is 1.39. The third-order valence-corrected chi connectivity index (χ3v) is 6.56. The van der Waals surface area contributed by atoms with E-state index in [1.807, 2.05) is 30.3 Å². The standard InChI is InChI=1S/C25H31FN2O4/c1-28(24(29)27-21-4-3-5-21)22-8-6-18(7-9-22)17-32-23-15-19(14-20(26)16-23)25(30-2)10-12-31-13-11-25/h6-9,14-16,21H,3-5,10-13,17H2,1-2H3,(H,27,29). The third-order valence-electron chi connectivity index (χ3n) is 6.56. The van der Waals surface area contributed by atoms with Crippen molar-refractivity contribution in [3.63, 3.8) is 0 Å². The number of nitrogens with one attached hydrogen (secondary N) is 1. The van der Waals surface area contributed by atoms with E-state index in [1.165, 1.54) is 18.6 Å². The fraction of sp³-hybridized carbons (Fsp3) is 0.480. The molecule has 4 rings (SSSR count). The molecule has 1 aliphatic carbocycles. The van der Waals surface area contributed by atoms with Gasteiger partial charge >= 0.3 is 6.03 Å². The predicted octanol–water partition coefficient (Wildman–Crippen LogP) is 4.76. The number of hydrogen-bond donors (Lipinski definition) is 1. The molecule has 0 aromatic heterocycles. The Morgan fingerprint density at radius 2 is 1.91 bits per heavy atom. The van der Waals surface area contributed by atoms with Crippen LogP contribution in [0.4, 0.5) is 14.9 Å². The summed E-state index contributed by atoms with van der Waals surface area (Å²) in [4.78, 5) is 13.9. The lowest BCUT2D eigenvalue weighted by Gasteiger charge is -2.36. The number of amides is 2. The molecule has 1 saturated carbocycles. The minimum absolute atomic E-state index is 0.0915. The van der Waals surface area contributed by atoms with Crippen LogP contribution in [0.1, 0.15) is 43.2 Å². The number of hydrogen-bond acceptors (Lipinski definition) is 4. The molecule has 2 fully saturated rings. The van der Waals surface area contributed by atoms with E-state index in [0.717, 1.165) is 29.7 Å². The minimum atomic E-state index is -0.551. The van der Waals surface area contributed by atoms with Crippen LogP contribution in [0, 0.1) is 5.82 Å². The van der Waals surface area contributed by atoms with E-state index in [0.29, 0.717) is 44.5 Å². The predicted molar refractivity (Wildman–Crippen MR) is 120 cm³/mol. The third kappa shape index (κ3) is 5.05. The van der Waals surface area contributed by atoms with Crippen LogP contribution in [0.3, 0.4) is 0 Å². The zero-order chi connectivity index (χ0) is 22.6. The van der Waals surface area contributed by atoms with Crippen molar-refractivity contribution in [2.45, 2.75) is 50.4 Å². The Morgan fingerprint density at radius 1 is 1.19 bits per heavy atom. The summed E-state index contributed by atoms with van der Waals surface area (Å²) in [6, 6.07) is 12.6. The highest BCUT2D eigenvalue weighted by Gasteiger charge is 2.35. The summed E-state index contributed by atoms with van der Waals surface area (Å²) in [6.07, 6.45) is 4.64. The maximum Gasteiger partial charge on any atom is 0.321 e. The smallest absolute Gasteiger partial charge is 0.321 e. The first-order valence-electron chi connectivity index (χ1n) is 11.2. The average Bonchev–Trinajstić information content (AvgIpc) is 2.80. The lowest BCUT2D eigenvalue weighted by Crippen LogP contribution is -2.46. The molecule has 2 aromatic rings. The monoisotopic (exact) mass is 442 g/mol. The van der Waals surface area contributed by atoms with Gasteiger partial charge in [-0.15, -0.1) is 0 Å². The fourth-order valence-corrected chi connectivity index (χ4v) is 4.14. The van der Waals surface area contributed by atoms with Gasteiger partial charge < -0.3 is 19.5 Å². The SMILES string of the molecule is COC1(c2cc(F)cc(OCc3ccc(N(C)C(=O)NC4CCC4)cc3)c2)CCOCC1. The van der Waals surface area contributed by atoms with Crippen LogP contribution in [-0.2, 0) is 21.7 Å². The number of halogens is 1. The van der Waals surface area contributed by atoms with Crippen LogP contribution in [0.25, 0.3) is 0 Å². The van der Waals surface area contributed by atoms with Gasteiger partial charge in [0.15, 0.2) is 0 Å². The van der Waals surface area contributed by atoms with Gasteiger partial charge in [-0.2, -0.15) is 0 Å². The summed E-state index contributed by atoms with van der Waals surface area (Å²) in [5.74, 6) is 0.110. The van der Waals surface area contributed by atoms with Crippen molar-refractivity contribution in [3.05, 3.63) is 59.4 Å². The molecule has 6 nitrogen and oxygen atoms in total. The molecule has 1 saturated heterocycles. The molecule has 1 heterocycles. The first-order valence-corrected chi connectivity index (χ1v) is 11.2. The highest BCUT2D eigenvalue weighted by molar-refractivity contribution is 5.91. The number of methoxy groups -OCH3 is 1. The molecule has 2 aromatic carbocycles. The van der Waals surface area contributed by atoms with Crippen LogP contribution in [0.5, 0.6) is 5.75 Å². The van der Waals surface area contributed by atoms with Crippen LogP contribution < -0.4 is 15.0 Å². The minimum Gasteiger partial charge on any atom is -0.489 e. The maximum atomic E-state index is 14.3. The molecule has 2 aliphatic rings. The first-order chi connectivity index (χ1) is 15.5. The van der Waals surface area contributed by atoms with Crippen molar-refractivity contribution in [2.24, 2.45) is 0 Å². The van der Waals surface area contributed by atoms with Crippen molar-refractivity contribution < 1.29 is 23.4 Å². The first kappa shape index (κ1) is 22.6. The molecule has 172 valence electrons. The number of ether oxygens (including phenoxy) is 3. The summed E-state index contributed by atoms with van der Waals surface area (Å²) in [6.45, 7) is 1.46. The number of rotatable bonds is 7. The van der Waals surface area contributed by atoms with Gasteiger partial charge in [0, 0.05) is 58.0 Å². The van der Waals surface area contributed by atoms with Gasteiger partial charge in [-0.05, 0) is 54.7 Å². The molecule has 0 atom stereocenters. The van der Waals surface area contributed by atoms with Gasteiger partial charge in [-0.3, -0.25) is 4.90 Å². The molecule has 32 heavy (non-hydrogen) atoms. The van der Waals surface area contributed by atoms with Gasteiger partial charge in [0.2, 0.25) is 0 Å². The van der Waals surface area contributed by atoms with Crippen molar-refractivity contribution >= 4 is 11.7 Å². The Hall–Kier alpha value is -2.64. The number of carbonyl (C=O) groups excluding carboxylic acids is 1. The molecule has 7 heteroatoms. The second-order valence-electron chi connectivity index (χ2n) is 8.58. The highest BCUT2D eigenvalue weighted by Crippen LogP contribution is 2.37. The molecule has 2 amide bonds. The van der Waals surface area contributed by atoms with Gasteiger partial charge in [0.1, 0.15) is 18.2 Å². The number of carbonyl (C=O) groups is 1. The molecule has 0 bridgehead atoms. The summed E-state index contributed by atoms with van der Waals surface area (Å²) in [7, 11) is 3.41. The Kier molecular flexibility index (Phi) is 6.96. The van der Waals surface area contributed by atoms with Crippen LogP contribution in [-0.4, -0.2) is 39.4 Å². The summed E-state index contributed by atoms with van der Waals surface area (Å²) in [5.41, 5.74) is 1.96. The zero-order valence-corrected chi connectivity index (χ0v) is 18.7. The van der Waals surface area contributed by atoms with Crippen molar-refractivity contribution in [3.8, 4) is 5.75 Å². The van der Waals surface area contributed by atoms with E-state index in [9.17, 15) is 9.18 Å². The van der Waals surface area contributed by atoms with Gasteiger partial charge in [0.05, 0.1) is 5.60 Å². The fourth-order valence-electron chi connectivity index (χ4n) is 4.14. The second kappa shape index (κ2) is 9.88. The normalized spacial score (nSPS) is 18.0.